The zero-order valence-electron chi connectivity index (χ0n) is 16.7. The molecule has 3 aromatic rings. The molecule has 5 heteroatoms. The van der Waals surface area contributed by atoms with E-state index in [2.05, 4.69) is 46.4 Å². The number of benzene rings is 2. The minimum absolute atomic E-state index is 0.00146. The standard InChI is InChI=1S/C23H27N3O2/c1-17-9-11-18(12-10-17)20(26(2)3)15-24-22(27)13-14-23-25-16-21(28-23)19-7-5-4-6-8-19/h4-12,16,20H,13-15H2,1-3H3,(H,24,27). The summed E-state index contributed by atoms with van der Waals surface area (Å²) in [6.07, 6.45) is 2.54. The highest BCUT2D eigenvalue weighted by Gasteiger charge is 2.16. The van der Waals surface area contributed by atoms with Crippen molar-refractivity contribution in [3.05, 3.63) is 77.8 Å². The monoisotopic (exact) mass is 377 g/mol. The summed E-state index contributed by atoms with van der Waals surface area (Å²) in [5, 5.41) is 3.04. The molecular weight excluding hydrogens is 350 g/mol. The van der Waals surface area contributed by atoms with E-state index in [0.29, 0.717) is 25.3 Å². The molecule has 0 saturated carbocycles. The van der Waals surface area contributed by atoms with Gasteiger partial charge in [-0.25, -0.2) is 4.98 Å². The molecule has 0 radical (unpaired) electrons. The minimum atomic E-state index is -0.00146. The first-order valence-corrected chi connectivity index (χ1v) is 9.53. The van der Waals surface area contributed by atoms with Crippen LogP contribution in [0, 0.1) is 6.92 Å². The van der Waals surface area contributed by atoms with Gasteiger partial charge < -0.3 is 14.6 Å². The maximum Gasteiger partial charge on any atom is 0.220 e. The Labute approximate surface area is 166 Å². The summed E-state index contributed by atoms with van der Waals surface area (Å²) >= 11 is 0. The van der Waals surface area contributed by atoms with Crippen molar-refractivity contribution in [1.29, 1.82) is 0 Å². The van der Waals surface area contributed by atoms with Crippen molar-refractivity contribution >= 4 is 5.91 Å². The summed E-state index contributed by atoms with van der Waals surface area (Å²) in [7, 11) is 4.04. The zero-order chi connectivity index (χ0) is 19.9. The molecule has 0 aliphatic rings. The number of amides is 1. The lowest BCUT2D eigenvalue weighted by atomic mass is 10.0. The zero-order valence-corrected chi connectivity index (χ0v) is 16.7. The Morgan fingerprint density at radius 2 is 1.82 bits per heavy atom. The third kappa shape index (κ3) is 5.30. The number of nitrogens with one attached hydrogen (secondary N) is 1. The Morgan fingerprint density at radius 1 is 1.11 bits per heavy atom. The second-order valence-electron chi connectivity index (χ2n) is 7.18. The van der Waals surface area contributed by atoms with Gasteiger partial charge in [-0.05, 0) is 26.6 Å². The van der Waals surface area contributed by atoms with Gasteiger partial charge >= 0.3 is 0 Å². The molecule has 0 fully saturated rings. The predicted octanol–water partition coefficient (Wildman–Crippen LogP) is 4.00. The first kappa shape index (κ1) is 19.8. The van der Waals surface area contributed by atoms with Crippen LogP contribution in [0.4, 0.5) is 0 Å². The molecule has 1 heterocycles. The molecule has 0 spiro atoms. The van der Waals surface area contributed by atoms with Crippen molar-refractivity contribution < 1.29 is 9.21 Å². The molecule has 1 aromatic heterocycles. The molecule has 0 aliphatic heterocycles. The van der Waals surface area contributed by atoms with Crippen LogP contribution in [0.3, 0.4) is 0 Å². The molecule has 28 heavy (non-hydrogen) atoms. The quantitative estimate of drug-likeness (QED) is 0.645. The molecule has 0 saturated heterocycles. The average molecular weight is 377 g/mol. The van der Waals surface area contributed by atoms with Crippen LogP contribution in [0.1, 0.15) is 29.5 Å². The van der Waals surface area contributed by atoms with Gasteiger partial charge in [0.2, 0.25) is 5.91 Å². The van der Waals surface area contributed by atoms with Crippen LogP contribution in [-0.4, -0.2) is 36.4 Å². The minimum Gasteiger partial charge on any atom is -0.441 e. The van der Waals surface area contributed by atoms with E-state index < -0.39 is 0 Å². The number of hydrogen-bond acceptors (Lipinski definition) is 4. The van der Waals surface area contributed by atoms with Gasteiger partial charge in [-0.2, -0.15) is 0 Å². The van der Waals surface area contributed by atoms with E-state index in [9.17, 15) is 4.79 Å². The third-order valence-corrected chi connectivity index (χ3v) is 4.76. The van der Waals surface area contributed by atoms with Crippen LogP contribution in [0.25, 0.3) is 11.3 Å². The van der Waals surface area contributed by atoms with Gasteiger partial charge in [0.1, 0.15) is 0 Å². The van der Waals surface area contributed by atoms with Gasteiger partial charge in [-0.1, -0.05) is 60.2 Å². The number of nitrogens with zero attached hydrogens (tertiary/aromatic N) is 2. The molecule has 5 nitrogen and oxygen atoms in total. The summed E-state index contributed by atoms with van der Waals surface area (Å²) in [6.45, 7) is 2.64. The lowest BCUT2D eigenvalue weighted by Crippen LogP contribution is -2.34. The highest BCUT2D eigenvalue weighted by molar-refractivity contribution is 5.76. The van der Waals surface area contributed by atoms with Crippen molar-refractivity contribution in [2.75, 3.05) is 20.6 Å². The molecule has 3 rings (SSSR count). The van der Waals surface area contributed by atoms with E-state index in [1.807, 2.05) is 44.4 Å². The topological polar surface area (TPSA) is 58.4 Å². The second-order valence-corrected chi connectivity index (χ2v) is 7.18. The van der Waals surface area contributed by atoms with Gasteiger partial charge in [0.05, 0.1) is 12.2 Å². The van der Waals surface area contributed by atoms with Crippen LogP contribution in [0.5, 0.6) is 0 Å². The fourth-order valence-corrected chi connectivity index (χ4v) is 3.07. The fraction of sp³-hybridized carbons (Fsp3) is 0.304. The summed E-state index contributed by atoms with van der Waals surface area (Å²) in [5.74, 6) is 1.30. The summed E-state index contributed by atoms with van der Waals surface area (Å²) in [4.78, 5) is 18.7. The molecule has 1 unspecified atom stereocenters. The van der Waals surface area contributed by atoms with Crippen LogP contribution in [-0.2, 0) is 11.2 Å². The molecule has 0 aliphatic carbocycles. The van der Waals surface area contributed by atoms with Gasteiger partial charge in [0, 0.05) is 24.9 Å². The predicted molar refractivity (Wildman–Crippen MR) is 111 cm³/mol. The number of carbonyl (C=O) groups excluding carboxylic acids is 1. The number of aromatic nitrogens is 1. The Hall–Kier alpha value is -2.92. The average Bonchev–Trinajstić information content (AvgIpc) is 3.17. The van der Waals surface area contributed by atoms with Crippen molar-refractivity contribution in [3.63, 3.8) is 0 Å². The fourth-order valence-electron chi connectivity index (χ4n) is 3.07. The van der Waals surface area contributed by atoms with E-state index >= 15 is 0 Å². The smallest absolute Gasteiger partial charge is 0.220 e. The van der Waals surface area contributed by atoms with E-state index in [4.69, 9.17) is 4.42 Å². The lowest BCUT2D eigenvalue weighted by Gasteiger charge is -2.25. The molecular formula is C23H27N3O2. The third-order valence-electron chi connectivity index (χ3n) is 4.76. The number of carbonyl (C=O) groups is 1. The highest BCUT2D eigenvalue weighted by atomic mass is 16.4. The van der Waals surface area contributed by atoms with E-state index in [1.165, 1.54) is 11.1 Å². The van der Waals surface area contributed by atoms with Crippen molar-refractivity contribution in [2.24, 2.45) is 0 Å². The number of rotatable bonds is 8. The SMILES string of the molecule is Cc1ccc(C(CNC(=O)CCc2ncc(-c3ccccc3)o2)N(C)C)cc1. The van der Waals surface area contributed by atoms with Gasteiger partial charge in [0.15, 0.2) is 11.7 Å². The van der Waals surface area contributed by atoms with Crippen molar-refractivity contribution in [3.8, 4) is 11.3 Å². The number of aryl methyl sites for hydroxylation is 2. The van der Waals surface area contributed by atoms with Crippen LogP contribution in [0.15, 0.2) is 65.2 Å². The van der Waals surface area contributed by atoms with Gasteiger partial charge in [-0.3, -0.25) is 4.79 Å². The Morgan fingerprint density at radius 3 is 2.50 bits per heavy atom. The number of oxazole rings is 1. The Balaban J connectivity index is 1.51. The molecule has 1 amide bonds. The molecule has 2 aromatic carbocycles. The second kappa shape index (κ2) is 9.33. The summed E-state index contributed by atoms with van der Waals surface area (Å²) in [6, 6.07) is 18.4. The summed E-state index contributed by atoms with van der Waals surface area (Å²) in [5.41, 5.74) is 3.40. The lowest BCUT2D eigenvalue weighted by molar-refractivity contribution is -0.121. The normalized spacial score (nSPS) is 12.1. The van der Waals surface area contributed by atoms with Gasteiger partial charge in [0.25, 0.3) is 0 Å². The number of likely N-dealkylation sites (N-methyl/N-ethyl adjacent to an activating group) is 1. The van der Waals surface area contributed by atoms with Gasteiger partial charge in [-0.15, -0.1) is 0 Å². The van der Waals surface area contributed by atoms with Crippen molar-refractivity contribution in [1.82, 2.24) is 15.2 Å². The van der Waals surface area contributed by atoms with Crippen LogP contribution < -0.4 is 5.32 Å². The summed E-state index contributed by atoms with van der Waals surface area (Å²) < 4.78 is 5.77. The van der Waals surface area contributed by atoms with E-state index in [-0.39, 0.29) is 11.9 Å². The first-order chi connectivity index (χ1) is 13.5. The highest BCUT2D eigenvalue weighted by Crippen LogP contribution is 2.20. The van der Waals surface area contributed by atoms with E-state index in [0.717, 1.165) is 11.3 Å². The Kier molecular flexibility index (Phi) is 6.61. The molecule has 146 valence electrons. The maximum atomic E-state index is 12.3. The van der Waals surface area contributed by atoms with Crippen molar-refractivity contribution in [2.45, 2.75) is 25.8 Å². The molecule has 1 atom stereocenters. The maximum absolute atomic E-state index is 12.3. The first-order valence-electron chi connectivity index (χ1n) is 9.53. The molecule has 1 N–H and O–H groups in total. The van der Waals surface area contributed by atoms with E-state index in [1.54, 1.807) is 6.20 Å². The van der Waals surface area contributed by atoms with Crippen LogP contribution in [0.2, 0.25) is 0 Å². The Bertz CT molecular complexity index is 886. The molecule has 0 bridgehead atoms. The largest absolute Gasteiger partial charge is 0.441 e. The number of hydrogen-bond donors (Lipinski definition) is 1. The van der Waals surface area contributed by atoms with Crippen LogP contribution >= 0.6 is 0 Å².